The second-order valence-corrected chi connectivity index (χ2v) is 6.55. The summed E-state index contributed by atoms with van der Waals surface area (Å²) in [5.74, 6) is -0.0641. The van der Waals surface area contributed by atoms with E-state index in [1.807, 2.05) is 30.1 Å². The highest BCUT2D eigenvalue weighted by Crippen LogP contribution is 2.38. The van der Waals surface area contributed by atoms with E-state index in [4.69, 9.17) is 5.73 Å². The number of nitrogens with two attached hydrogens (primary N) is 1. The summed E-state index contributed by atoms with van der Waals surface area (Å²) in [6.45, 7) is 5.84. The van der Waals surface area contributed by atoms with Crippen LogP contribution in [0.4, 0.5) is 17.1 Å². The van der Waals surface area contributed by atoms with E-state index in [1.165, 1.54) is 0 Å². The third-order valence-corrected chi connectivity index (χ3v) is 3.77. The third kappa shape index (κ3) is 4.20. The van der Waals surface area contributed by atoms with Gasteiger partial charge in [0.1, 0.15) is 11.4 Å². The molecule has 0 fully saturated rings. The fourth-order valence-electron chi connectivity index (χ4n) is 2.19. The van der Waals surface area contributed by atoms with Crippen molar-refractivity contribution in [3.05, 3.63) is 18.2 Å². The molecular formula is C14H21N5OS. The van der Waals surface area contributed by atoms with Gasteiger partial charge in [0.25, 0.3) is 0 Å². The van der Waals surface area contributed by atoms with Gasteiger partial charge in [-0.2, -0.15) is 8.73 Å². The van der Waals surface area contributed by atoms with E-state index in [-0.39, 0.29) is 11.3 Å². The van der Waals surface area contributed by atoms with Crippen LogP contribution in [0.2, 0.25) is 0 Å². The van der Waals surface area contributed by atoms with Crippen LogP contribution in [-0.4, -0.2) is 37.5 Å². The van der Waals surface area contributed by atoms with Crippen molar-refractivity contribution < 1.29 is 4.79 Å². The van der Waals surface area contributed by atoms with Crippen molar-refractivity contribution in [1.82, 2.24) is 4.90 Å². The number of anilines is 1. The van der Waals surface area contributed by atoms with Crippen molar-refractivity contribution in [2.75, 3.05) is 32.0 Å². The Morgan fingerprint density at radius 1 is 1.43 bits per heavy atom. The number of carbonyl (C=O) groups excluding carboxylic acids is 1. The van der Waals surface area contributed by atoms with E-state index >= 15 is 0 Å². The highest BCUT2D eigenvalue weighted by Gasteiger charge is 2.20. The number of likely N-dealkylation sites (N-methyl/N-ethyl adjacent to an activating group) is 1. The lowest BCUT2D eigenvalue weighted by molar-refractivity contribution is -0.117. The van der Waals surface area contributed by atoms with Crippen LogP contribution in [0.5, 0.6) is 0 Å². The summed E-state index contributed by atoms with van der Waals surface area (Å²) in [6, 6.07) is 5.58. The Hall–Kier alpha value is -1.57. The number of hydrogen-bond donors (Lipinski definition) is 2. The Kier molecular flexibility index (Phi) is 4.87. The van der Waals surface area contributed by atoms with Crippen LogP contribution in [-0.2, 0) is 16.1 Å². The van der Waals surface area contributed by atoms with Gasteiger partial charge in [0.05, 0.1) is 23.6 Å². The molecule has 7 heteroatoms. The Labute approximate surface area is 128 Å². The first-order valence-electron chi connectivity index (χ1n) is 6.81. The maximum Gasteiger partial charge on any atom is 0.238 e. The number of nitrogens with one attached hydrogen (secondary N) is 1. The van der Waals surface area contributed by atoms with Crippen LogP contribution < -0.4 is 11.1 Å². The number of carbonyl (C=O) groups is 1. The molecule has 2 rings (SSSR count). The second kappa shape index (κ2) is 6.46. The molecule has 3 N–H and O–H groups in total. The Balaban J connectivity index is 1.94. The van der Waals surface area contributed by atoms with Crippen LogP contribution >= 0.6 is 0 Å². The molecule has 1 aromatic rings. The van der Waals surface area contributed by atoms with Crippen LogP contribution in [0.15, 0.2) is 26.9 Å². The SMILES string of the molecule is CN(CC(=O)Nc1cccc2c1N=S=N2)CC(C)(C)CN. The van der Waals surface area contributed by atoms with E-state index in [1.54, 1.807) is 0 Å². The van der Waals surface area contributed by atoms with Gasteiger partial charge in [0, 0.05) is 6.54 Å². The molecule has 0 aromatic heterocycles. The first-order chi connectivity index (χ1) is 9.91. The molecule has 1 amide bonds. The summed E-state index contributed by atoms with van der Waals surface area (Å²) in [7, 11) is 1.92. The van der Waals surface area contributed by atoms with E-state index in [9.17, 15) is 4.79 Å². The van der Waals surface area contributed by atoms with Gasteiger partial charge in [0.2, 0.25) is 5.91 Å². The van der Waals surface area contributed by atoms with Gasteiger partial charge in [-0.1, -0.05) is 19.9 Å². The highest BCUT2D eigenvalue weighted by atomic mass is 32.1. The second-order valence-electron chi connectivity index (χ2n) is 6.03. The molecule has 0 saturated heterocycles. The van der Waals surface area contributed by atoms with E-state index < -0.39 is 0 Å². The van der Waals surface area contributed by atoms with Crippen molar-refractivity contribution >= 4 is 34.3 Å². The molecule has 0 aliphatic carbocycles. The van der Waals surface area contributed by atoms with Crippen LogP contribution in [0.25, 0.3) is 0 Å². The van der Waals surface area contributed by atoms with Gasteiger partial charge < -0.3 is 11.1 Å². The third-order valence-electron chi connectivity index (χ3n) is 3.22. The van der Waals surface area contributed by atoms with Crippen molar-refractivity contribution in [3.63, 3.8) is 0 Å². The average molecular weight is 307 g/mol. The quantitative estimate of drug-likeness (QED) is 0.858. The van der Waals surface area contributed by atoms with Gasteiger partial charge in [-0.05, 0) is 31.1 Å². The lowest BCUT2D eigenvalue weighted by atomic mass is 9.93. The van der Waals surface area contributed by atoms with E-state index in [0.717, 1.165) is 29.3 Å². The summed E-state index contributed by atoms with van der Waals surface area (Å²) in [5, 5.41) is 2.90. The molecule has 1 heterocycles. The summed E-state index contributed by atoms with van der Waals surface area (Å²) < 4.78 is 8.37. The molecule has 1 aliphatic heterocycles. The molecule has 0 bridgehead atoms. The zero-order valence-electron chi connectivity index (χ0n) is 12.6. The van der Waals surface area contributed by atoms with Gasteiger partial charge in [-0.3, -0.25) is 9.69 Å². The first kappa shape index (κ1) is 15.8. The molecule has 0 radical (unpaired) electrons. The van der Waals surface area contributed by atoms with Crippen molar-refractivity contribution in [2.24, 2.45) is 19.9 Å². The summed E-state index contributed by atoms with van der Waals surface area (Å²) in [4.78, 5) is 14.1. The molecule has 0 atom stereocenters. The van der Waals surface area contributed by atoms with Gasteiger partial charge in [-0.15, -0.1) is 0 Å². The number of amides is 1. The minimum Gasteiger partial charge on any atom is -0.330 e. The minimum absolute atomic E-state index is 0.00607. The average Bonchev–Trinajstić information content (AvgIpc) is 2.87. The fraction of sp³-hybridized carbons (Fsp3) is 0.500. The molecular weight excluding hydrogens is 286 g/mol. The molecule has 1 aliphatic rings. The number of benzene rings is 1. The van der Waals surface area contributed by atoms with Gasteiger partial charge >= 0.3 is 0 Å². The van der Waals surface area contributed by atoms with Crippen LogP contribution in [0.3, 0.4) is 0 Å². The Bertz CT molecular complexity index is 607. The lowest BCUT2D eigenvalue weighted by Crippen LogP contribution is -2.40. The van der Waals surface area contributed by atoms with Crippen molar-refractivity contribution in [1.29, 1.82) is 0 Å². The first-order valence-corrected chi connectivity index (χ1v) is 7.54. The van der Waals surface area contributed by atoms with Gasteiger partial charge in [-0.25, -0.2) is 0 Å². The van der Waals surface area contributed by atoms with E-state index in [2.05, 4.69) is 27.9 Å². The summed E-state index contributed by atoms with van der Waals surface area (Å²) in [5.41, 5.74) is 7.96. The van der Waals surface area contributed by atoms with Crippen LogP contribution in [0.1, 0.15) is 13.8 Å². The molecule has 0 unspecified atom stereocenters. The highest BCUT2D eigenvalue weighted by molar-refractivity contribution is 7.58. The maximum atomic E-state index is 12.1. The Morgan fingerprint density at radius 3 is 2.90 bits per heavy atom. The number of hydrogen-bond acceptors (Lipinski definition) is 5. The predicted octanol–water partition coefficient (Wildman–Crippen LogP) is 2.27. The molecule has 21 heavy (non-hydrogen) atoms. The topological polar surface area (TPSA) is 83.1 Å². The largest absolute Gasteiger partial charge is 0.330 e. The number of rotatable bonds is 6. The predicted molar refractivity (Wildman–Crippen MR) is 86.9 cm³/mol. The monoisotopic (exact) mass is 307 g/mol. The normalized spacial score (nSPS) is 13.2. The molecule has 114 valence electrons. The van der Waals surface area contributed by atoms with Crippen molar-refractivity contribution in [2.45, 2.75) is 13.8 Å². The minimum atomic E-state index is -0.0641. The summed E-state index contributed by atoms with van der Waals surface area (Å²) in [6.07, 6.45) is 0. The number of nitrogens with zero attached hydrogens (tertiary/aromatic N) is 3. The van der Waals surface area contributed by atoms with Crippen molar-refractivity contribution in [3.8, 4) is 0 Å². The molecule has 6 nitrogen and oxygen atoms in total. The summed E-state index contributed by atoms with van der Waals surface area (Å²) >= 11 is 1.14. The fourth-order valence-corrected chi connectivity index (χ4v) is 2.74. The van der Waals surface area contributed by atoms with Gasteiger partial charge in [0.15, 0.2) is 0 Å². The lowest BCUT2D eigenvalue weighted by Gasteiger charge is -2.28. The number of fused-ring (bicyclic) bond motifs is 1. The molecule has 0 spiro atoms. The standard InChI is InChI=1S/C14H21N5OS/c1-14(2,8-15)9-19(3)7-12(20)16-10-5-4-6-11-13(10)18-21-17-11/h4-6H,7-9,15H2,1-3H3,(H,16,20). The van der Waals surface area contributed by atoms with Crippen LogP contribution in [0, 0.1) is 5.41 Å². The zero-order valence-corrected chi connectivity index (χ0v) is 13.4. The maximum absolute atomic E-state index is 12.1. The zero-order chi connectivity index (χ0) is 15.5. The van der Waals surface area contributed by atoms with E-state index in [0.29, 0.717) is 18.8 Å². The molecule has 0 saturated carbocycles. The molecule has 1 aromatic carbocycles. The Morgan fingerprint density at radius 2 is 2.19 bits per heavy atom. The smallest absolute Gasteiger partial charge is 0.238 e.